The van der Waals surface area contributed by atoms with Gasteiger partial charge in [0.15, 0.2) is 11.5 Å². The molecule has 0 saturated heterocycles. The monoisotopic (exact) mass is 468 g/mol. The van der Waals surface area contributed by atoms with Crippen LogP contribution in [0.15, 0.2) is 94.2 Å². The van der Waals surface area contributed by atoms with Crippen molar-refractivity contribution in [3.63, 3.8) is 0 Å². The number of aromatic hydroxyl groups is 1. The fraction of sp³-hybridized carbons (Fsp3) is 0.111. The zero-order valence-corrected chi connectivity index (χ0v) is 19.3. The summed E-state index contributed by atoms with van der Waals surface area (Å²) in [5.41, 5.74) is 4.88. The molecular formula is C27H24N4O4. The van der Waals surface area contributed by atoms with Gasteiger partial charge in [0.1, 0.15) is 5.75 Å². The average molecular weight is 469 g/mol. The Balaban J connectivity index is 1.43. The predicted molar refractivity (Wildman–Crippen MR) is 135 cm³/mol. The third-order valence-electron chi connectivity index (χ3n) is 5.26. The minimum Gasteiger partial charge on any atom is -0.507 e. The standard InChI is InChI=1S/C27H24N4O4/c1-34-25-13-10-18(14-26(25)35-2)15-27(33)31-28-17-20-16-21(11-12-24(20)32)29-30-23-9-5-7-19-6-3-4-8-22(19)23/h3-14,16-17,32H,15H2,1-2H3,(H,31,33). The van der Waals surface area contributed by atoms with E-state index in [2.05, 4.69) is 20.8 Å². The number of hydrazone groups is 1. The van der Waals surface area contributed by atoms with E-state index in [9.17, 15) is 9.90 Å². The van der Waals surface area contributed by atoms with Gasteiger partial charge in [0.25, 0.3) is 0 Å². The van der Waals surface area contributed by atoms with Gasteiger partial charge in [-0.2, -0.15) is 10.2 Å². The number of fused-ring (bicyclic) bond motifs is 1. The summed E-state index contributed by atoms with van der Waals surface area (Å²) >= 11 is 0. The highest BCUT2D eigenvalue weighted by Crippen LogP contribution is 2.29. The van der Waals surface area contributed by atoms with Crippen LogP contribution in [0.3, 0.4) is 0 Å². The van der Waals surface area contributed by atoms with Gasteiger partial charge in [0.05, 0.1) is 38.2 Å². The number of nitrogens with zero attached hydrogens (tertiary/aromatic N) is 3. The number of carbonyl (C=O) groups is 1. The molecule has 0 saturated carbocycles. The van der Waals surface area contributed by atoms with Gasteiger partial charge < -0.3 is 14.6 Å². The molecule has 0 fully saturated rings. The van der Waals surface area contributed by atoms with Crippen molar-refractivity contribution < 1.29 is 19.4 Å². The van der Waals surface area contributed by atoms with Gasteiger partial charge in [0.2, 0.25) is 5.91 Å². The molecule has 0 spiro atoms. The topological polar surface area (TPSA) is 105 Å². The first-order chi connectivity index (χ1) is 17.1. The predicted octanol–water partition coefficient (Wildman–Crippen LogP) is 5.67. The number of hydrogen-bond acceptors (Lipinski definition) is 7. The first kappa shape index (κ1) is 23.4. The molecule has 0 atom stereocenters. The first-order valence-corrected chi connectivity index (χ1v) is 10.8. The number of hydrogen-bond donors (Lipinski definition) is 2. The molecular weight excluding hydrogens is 444 g/mol. The van der Waals surface area contributed by atoms with Gasteiger partial charge in [-0.15, -0.1) is 5.11 Å². The van der Waals surface area contributed by atoms with E-state index in [-0.39, 0.29) is 18.1 Å². The van der Waals surface area contributed by atoms with Crippen molar-refractivity contribution in [3.05, 3.63) is 90.0 Å². The lowest BCUT2D eigenvalue weighted by atomic mass is 10.1. The van der Waals surface area contributed by atoms with Crippen molar-refractivity contribution >= 4 is 34.3 Å². The van der Waals surface area contributed by atoms with E-state index in [1.807, 2.05) is 42.5 Å². The van der Waals surface area contributed by atoms with E-state index in [4.69, 9.17) is 9.47 Å². The SMILES string of the molecule is COc1ccc(CC(=O)NN=Cc2cc(N=Nc3cccc4ccccc34)ccc2O)cc1OC. The maximum atomic E-state index is 12.3. The lowest BCUT2D eigenvalue weighted by Gasteiger charge is -2.09. The summed E-state index contributed by atoms with van der Waals surface area (Å²) in [5, 5.41) is 24.9. The van der Waals surface area contributed by atoms with Crippen LogP contribution >= 0.6 is 0 Å². The average Bonchev–Trinajstić information content (AvgIpc) is 2.88. The van der Waals surface area contributed by atoms with Gasteiger partial charge in [-0.05, 0) is 47.3 Å². The molecule has 2 N–H and O–H groups in total. The van der Waals surface area contributed by atoms with Crippen LogP contribution in [-0.2, 0) is 11.2 Å². The van der Waals surface area contributed by atoms with Crippen LogP contribution in [0.4, 0.5) is 11.4 Å². The maximum Gasteiger partial charge on any atom is 0.244 e. The Hall–Kier alpha value is -4.72. The van der Waals surface area contributed by atoms with Crippen LogP contribution in [0.5, 0.6) is 17.2 Å². The Morgan fingerprint density at radius 3 is 2.54 bits per heavy atom. The summed E-state index contributed by atoms with van der Waals surface area (Å²) in [6.45, 7) is 0. The normalized spacial score (nSPS) is 11.3. The largest absolute Gasteiger partial charge is 0.507 e. The number of methoxy groups -OCH3 is 2. The zero-order chi connectivity index (χ0) is 24.6. The number of azo groups is 1. The number of benzene rings is 4. The van der Waals surface area contributed by atoms with Gasteiger partial charge in [0, 0.05) is 10.9 Å². The fourth-order valence-electron chi connectivity index (χ4n) is 3.50. The van der Waals surface area contributed by atoms with E-state index in [1.165, 1.54) is 19.4 Å². The molecule has 0 aliphatic heterocycles. The second-order valence-electron chi connectivity index (χ2n) is 7.60. The molecule has 4 aromatic rings. The molecule has 176 valence electrons. The fourth-order valence-corrected chi connectivity index (χ4v) is 3.50. The molecule has 4 aromatic carbocycles. The molecule has 0 bridgehead atoms. The zero-order valence-electron chi connectivity index (χ0n) is 19.3. The molecule has 0 aromatic heterocycles. The first-order valence-electron chi connectivity index (χ1n) is 10.8. The van der Waals surface area contributed by atoms with Crippen LogP contribution in [0.25, 0.3) is 10.8 Å². The van der Waals surface area contributed by atoms with Crippen LogP contribution in [0, 0.1) is 0 Å². The van der Waals surface area contributed by atoms with Gasteiger partial charge in [-0.25, -0.2) is 5.43 Å². The van der Waals surface area contributed by atoms with Crippen LogP contribution in [0.2, 0.25) is 0 Å². The van der Waals surface area contributed by atoms with Gasteiger partial charge >= 0.3 is 0 Å². The summed E-state index contributed by atoms with van der Waals surface area (Å²) < 4.78 is 10.5. The minimum atomic E-state index is -0.320. The highest BCUT2D eigenvalue weighted by molar-refractivity contribution is 5.92. The molecule has 0 heterocycles. The molecule has 0 aliphatic rings. The summed E-state index contributed by atoms with van der Waals surface area (Å²) in [5.74, 6) is 0.815. The molecule has 0 radical (unpaired) electrons. The maximum absolute atomic E-state index is 12.3. The molecule has 4 rings (SSSR count). The van der Waals surface area contributed by atoms with Crippen molar-refractivity contribution in [3.8, 4) is 17.2 Å². The lowest BCUT2D eigenvalue weighted by molar-refractivity contribution is -0.120. The molecule has 35 heavy (non-hydrogen) atoms. The number of ether oxygens (including phenoxy) is 2. The van der Waals surface area contributed by atoms with Crippen LogP contribution < -0.4 is 14.9 Å². The number of carbonyl (C=O) groups excluding carboxylic acids is 1. The summed E-state index contributed by atoms with van der Waals surface area (Å²) in [7, 11) is 3.09. The van der Waals surface area contributed by atoms with Crippen LogP contribution in [-0.4, -0.2) is 31.4 Å². The number of rotatable bonds is 8. The van der Waals surface area contributed by atoms with Gasteiger partial charge in [-0.1, -0.05) is 42.5 Å². The van der Waals surface area contributed by atoms with Gasteiger partial charge in [-0.3, -0.25) is 4.79 Å². The Morgan fingerprint density at radius 1 is 0.914 bits per heavy atom. The summed E-state index contributed by atoms with van der Waals surface area (Å²) in [6.07, 6.45) is 1.46. The molecule has 8 nitrogen and oxygen atoms in total. The van der Waals surface area contributed by atoms with Crippen molar-refractivity contribution in [2.45, 2.75) is 6.42 Å². The lowest BCUT2D eigenvalue weighted by Crippen LogP contribution is -2.19. The Kier molecular flexibility index (Phi) is 7.32. The third kappa shape index (κ3) is 5.80. The Labute approximate surface area is 202 Å². The molecule has 0 aliphatic carbocycles. The van der Waals surface area contributed by atoms with E-state index in [0.29, 0.717) is 22.7 Å². The molecule has 0 unspecified atom stereocenters. The third-order valence-corrected chi connectivity index (χ3v) is 5.26. The number of phenolic OH excluding ortho intramolecular Hbond substituents is 1. The highest BCUT2D eigenvalue weighted by Gasteiger charge is 2.08. The molecule has 1 amide bonds. The van der Waals surface area contributed by atoms with E-state index in [1.54, 1.807) is 37.4 Å². The van der Waals surface area contributed by atoms with Crippen molar-refractivity contribution in [2.75, 3.05) is 14.2 Å². The van der Waals surface area contributed by atoms with E-state index < -0.39 is 0 Å². The smallest absolute Gasteiger partial charge is 0.244 e. The van der Waals surface area contributed by atoms with Crippen LogP contribution in [0.1, 0.15) is 11.1 Å². The quantitative estimate of drug-likeness (QED) is 0.197. The van der Waals surface area contributed by atoms with Crippen molar-refractivity contribution in [1.29, 1.82) is 0 Å². The van der Waals surface area contributed by atoms with E-state index >= 15 is 0 Å². The Bertz CT molecular complexity index is 1410. The van der Waals surface area contributed by atoms with Crippen molar-refractivity contribution in [1.82, 2.24) is 5.43 Å². The molecule has 8 heteroatoms. The second-order valence-corrected chi connectivity index (χ2v) is 7.60. The summed E-state index contributed by atoms with van der Waals surface area (Å²) in [6, 6.07) is 23.8. The summed E-state index contributed by atoms with van der Waals surface area (Å²) in [4.78, 5) is 12.3. The van der Waals surface area contributed by atoms with Crippen molar-refractivity contribution in [2.24, 2.45) is 15.3 Å². The Morgan fingerprint density at radius 2 is 1.71 bits per heavy atom. The number of phenols is 1. The number of nitrogens with one attached hydrogen (secondary N) is 1. The highest BCUT2D eigenvalue weighted by atomic mass is 16.5. The van der Waals surface area contributed by atoms with E-state index in [0.717, 1.165) is 22.0 Å². The second kappa shape index (κ2) is 10.9. The minimum absolute atomic E-state index is 0.00648. The number of amides is 1.